The molecule has 0 aliphatic heterocycles. The van der Waals surface area contributed by atoms with E-state index >= 15 is 0 Å². The zero-order valence-electron chi connectivity index (χ0n) is 10.3. The van der Waals surface area contributed by atoms with Gasteiger partial charge in [-0.3, -0.25) is 0 Å². The predicted octanol–water partition coefficient (Wildman–Crippen LogP) is 4.18. The summed E-state index contributed by atoms with van der Waals surface area (Å²) in [5.41, 5.74) is 1.26. The van der Waals surface area contributed by atoms with Gasteiger partial charge >= 0.3 is 33.0 Å². The van der Waals surface area contributed by atoms with E-state index in [1.165, 1.54) is 5.57 Å². The zero-order valence-corrected chi connectivity index (χ0v) is 11.2. The molecule has 17 heavy (non-hydrogen) atoms. The topological polar surface area (TPSA) is 6.25 Å². The molecule has 0 aromatic carbocycles. The monoisotopic (exact) mass is 286 g/mol. The van der Waals surface area contributed by atoms with Gasteiger partial charge in [-0.25, -0.2) is 4.58 Å². The zero-order chi connectivity index (χ0) is 14.6. The third-order valence-electron chi connectivity index (χ3n) is 0.924. The van der Waals surface area contributed by atoms with Crippen LogP contribution in [-0.4, -0.2) is 43.9 Å². The second-order valence-electron chi connectivity index (χ2n) is 3.89. The van der Waals surface area contributed by atoms with E-state index < -0.39 is 7.81 Å². The van der Waals surface area contributed by atoms with Crippen LogP contribution < -0.4 is 0 Å². The van der Waals surface area contributed by atoms with Gasteiger partial charge in [0.2, 0.25) is 0 Å². The Balaban J connectivity index is 0. The second kappa shape index (κ2) is 4.84. The van der Waals surface area contributed by atoms with E-state index in [9.17, 15) is 25.2 Å². The summed E-state index contributed by atoms with van der Waals surface area (Å²) < 4.78 is 61.2. The maximum absolute atomic E-state index is 10.7. The van der Waals surface area contributed by atoms with Crippen LogP contribution in [0.15, 0.2) is 11.8 Å². The van der Waals surface area contributed by atoms with Crippen LogP contribution in [0, 0.1) is 0 Å². The third-order valence-corrected chi connectivity index (χ3v) is 0.924. The fraction of sp³-hybridized carbons (Fsp3) is 0.625. The van der Waals surface area contributed by atoms with Crippen LogP contribution >= 0.6 is 7.81 Å². The minimum atomic E-state index is -10.7. The molecule has 0 aliphatic rings. The molecular formula is C8H17F6N2P. The number of halogens is 6. The van der Waals surface area contributed by atoms with Crippen molar-refractivity contribution >= 4 is 14.0 Å². The van der Waals surface area contributed by atoms with Crippen molar-refractivity contribution in [3.05, 3.63) is 11.8 Å². The Hall–Kier alpha value is -0.780. The van der Waals surface area contributed by atoms with Gasteiger partial charge in [0.05, 0.1) is 0 Å². The molecule has 0 fully saturated rings. The summed E-state index contributed by atoms with van der Waals surface area (Å²) >= 11 is 0. The molecule has 0 aliphatic carbocycles. The van der Waals surface area contributed by atoms with Crippen molar-refractivity contribution in [3.63, 3.8) is 0 Å². The van der Waals surface area contributed by atoms with Gasteiger partial charge in [-0.05, 0) is 6.92 Å². The molecule has 106 valence electrons. The Kier molecular flexibility index (Phi) is 5.29. The van der Waals surface area contributed by atoms with Crippen molar-refractivity contribution < 1.29 is 29.8 Å². The normalized spacial score (nSPS) is 16.1. The van der Waals surface area contributed by atoms with Crippen molar-refractivity contribution in [1.29, 1.82) is 0 Å². The molecule has 0 bridgehead atoms. The van der Waals surface area contributed by atoms with E-state index in [2.05, 4.69) is 19.3 Å². The summed E-state index contributed by atoms with van der Waals surface area (Å²) in [7, 11) is -2.57. The van der Waals surface area contributed by atoms with E-state index in [1.54, 1.807) is 0 Å². The summed E-state index contributed by atoms with van der Waals surface area (Å²) in [5.74, 6) is 0. The third kappa shape index (κ3) is 51.0. The summed E-state index contributed by atoms with van der Waals surface area (Å²) in [6.07, 6.45) is 4.17. The van der Waals surface area contributed by atoms with Crippen molar-refractivity contribution in [2.45, 2.75) is 6.92 Å². The number of hydrogen-bond donors (Lipinski definition) is 0. The van der Waals surface area contributed by atoms with E-state index in [-0.39, 0.29) is 0 Å². The van der Waals surface area contributed by atoms with Gasteiger partial charge in [-0.2, -0.15) is 0 Å². The fourth-order valence-electron chi connectivity index (χ4n) is 0.848. The first-order valence-corrected chi connectivity index (χ1v) is 6.43. The predicted molar refractivity (Wildman–Crippen MR) is 59.2 cm³/mol. The fourth-order valence-corrected chi connectivity index (χ4v) is 0.848. The molecule has 0 N–H and O–H groups in total. The van der Waals surface area contributed by atoms with Crippen LogP contribution in [0.5, 0.6) is 0 Å². The Morgan fingerprint density at radius 2 is 1.29 bits per heavy atom. The molecule has 0 aromatic rings. The van der Waals surface area contributed by atoms with Crippen molar-refractivity contribution in [3.8, 4) is 0 Å². The Morgan fingerprint density at radius 3 is 1.47 bits per heavy atom. The van der Waals surface area contributed by atoms with Crippen LogP contribution in [0.2, 0.25) is 0 Å². The molecule has 0 spiro atoms. The summed E-state index contributed by atoms with van der Waals surface area (Å²) in [6.45, 7) is 2.08. The molecule has 9 heteroatoms. The average molecular weight is 286 g/mol. The van der Waals surface area contributed by atoms with Crippen molar-refractivity contribution in [1.82, 2.24) is 4.90 Å². The van der Waals surface area contributed by atoms with E-state index in [0.29, 0.717) is 0 Å². The summed E-state index contributed by atoms with van der Waals surface area (Å²) in [6, 6.07) is 0. The van der Waals surface area contributed by atoms with Crippen LogP contribution in [-0.2, 0) is 0 Å². The Labute approximate surface area is 96.5 Å². The molecular weight excluding hydrogens is 269 g/mol. The van der Waals surface area contributed by atoms with Gasteiger partial charge in [0, 0.05) is 25.9 Å². The molecule has 0 atom stereocenters. The maximum atomic E-state index is 9.87. The molecule has 0 saturated heterocycles. The van der Waals surface area contributed by atoms with Crippen molar-refractivity contribution in [2.24, 2.45) is 0 Å². The van der Waals surface area contributed by atoms with Gasteiger partial charge in [-0.15, -0.1) is 0 Å². The summed E-state index contributed by atoms with van der Waals surface area (Å²) in [5, 5.41) is 0. The number of nitrogens with zero attached hydrogens (tertiary/aromatic N) is 2. The molecule has 0 saturated carbocycles. The quantitative estimate of drug-likeness (QED) is 0.319. The van der Waals surface area contributed by atoms with Gasteiger partial charge in [-0.1, -0.05) is 0 Å². The molecule has 0 unspecified atom stereocenters. The average Bonchev–Trinajstić information content (AvgIpc) is 1.72. The van der Waals surface area contributed by atoms with Crippen LogP contribution in [0.25, 0.3) is 0 Å². The first-order valence-electron chi connectivity index (χ1n) is 4.40. The van der Waals surface area contributed by atoms with E-state index in [1.807, 2.05) is 37.7 Å². The molecule has 0 heterocycles. The number of rotatable bonds is 2. The molecule has 0 radical (unpaired) electrons. The number of allylic oxidation sites excluding steroid dienone is 1. The van der Waals surface area contributed by atoms with Gasteiger partial charge in [0.1, 0.15) is 14.1 Å². The molecule has 2 nitrogen and oxygen atoms in total. The molecule has 0 amide bonds. The van der Waals surface area contributed by atoms with Gasteiger partial charge in [0.25, 0.3) is 0 Å². The Bertz CT molecular complexity index is 297. The summed E-state index contributed by atoms with van der Waals surface area (Å²) in [4.78, 5) is 2.04. The van der Waals surface area contributed by atoms with Gasteiger partial charge in [0.15, 0.2) is 6.21 Å². The van der Waals surface area contributed by atoms with Crippen molar-refractivity contribution in [2.75, 3.05) is 28.2 Å². The van der Waals surface area contributed by atoms with Crippen LogP contribution in [0.3, 0.4) is 0 Å². The van der Waals surface area contributed by atoms with Crippen LogP contribution in [0.4, 0.5) is 25.2 Å². The standard InChI is InChI=1S/C8H17N2.F6P/c1-8(6-9(2)3)7-10(4)5;1-7(2,3,4,5)6/h6-7H,1-5H3;/q+1;-1. The SMILES string of the molecule is CC(=CN(C)C)C=[N+](C)C.F[P-](F)(F)(F)(F)F. The Morgan fingerprint density at radius 1 is 1.00 bits per heavy atom. The van der Waals surface area contributed by atoms with E-state index in [4.69, 9.17) is 0 Å². The van der Waals surface area contributed by atoms with Crippen LogP contribution in [0.1, 0.15) is 6.92 Å². The minimum absolute atomic E-state index is 1.26. The molecule has 0 rings (SSSR count). The molecule has 0 aromatic heterocycles. The first kappa shape index (κ1) is 18.6. The van der Waals surface area contributed by atoms with E-state index in [0.717, 1.165) is 0 Å². The van der Waals surface area contributed by atoms with Gasteiger partial charge < -0.3 is 4.90 Å². The first-order chi connectivity index (χ1) is 6.97. The second-order valence-corrected chi connectivity index (χ2v) is 5.80. The number of hydrogen-bond acceptors (Lipinski definition) is 1.